The standard InChI is InChI=1S/C7H12N2O2/c1-2-9-6(7(10)11)4-3-5-8/h1,6,9H,3-5,8H2,(H,10,11)/t6-/m0/s1. The van der Waals surface area contributed by atoms with E-state index in [0.29, 0.717) is 19.4 Å². The molecule has 62 valence electrons. The van der Waals surface area contributed by atoms with Gasteiger partial charge in [0.15, 0.2) is 0 Å². The number of carboxylic acids is 1. The Labute approximate surface area is 65.8 Å². The average molecular weight is 156 g/mol. The van der Waals surface area contributed by atoms with E-state index in [1.807, 2.05) is 0 Å². The van der Waals surface area contributed by atoms with E-state index in [0.717, 1.165) is 0 Å². The molecular weight excluding hydrogens is 144 g/mol. The van der Waals surface area contributed by atoms with Crippen LogP contribution in [0.2, 0.25) is 0 Å². The van der Waals surface area contributed by atoms with Gasteiger partial charge in [0.05, 0.1) is 0 Å². The summed E-state index contributed by atoms with van der Waals surface area (Å²) in [6.07, 6.45) is 6.01. The molecule has 0 rings (SSSR count). The largest absolute Gasteiger partial charge is 0.480 e. The van der Waals surface area contributed by atoms with Crippen molar-refractivity contribution < 1.29 is 9.90 Å². The number of carboxylic acid groups (broad SMARTS) is 1. The monoisotopic (exact) mass is 156 g/mol. The molecule has 0 unspecified atom stereocenters. The maximum atomic E-state index is 10.4. The molecule has 0 fully saturated rings. The van der Waals surface area contributed by atoms with Gasteiger partial charge in [-0.1, -0.05) is 6.42 Å². The molecule has 0 bridgehead atoms. The highest BCUT2D eigenvalue weighted by molar-refractivity contribution is 5.73. The summed E-state index contributed by atoms with van der Waals surface area (Å²) in [4.78, 5) is 10.4. The highest BCUT2D eigenvalue weighted by Gasteiger charge is 2.13. The van der Waals surface area contributed by atoms with E-state index in [9.17, 15) is 4.79 Å². The summed E-state index contributed by atoms with van der Waals surface area (Å²) in [6.45, 7) is 0.482. The van der Waals surface area contributed by atoms with Crippen LogP contribution in [0.15, 0.2) is 0 Å². The molecule has 0 saturated heterocycles. The fourth-order valence-corrected chi connectivity index (χ4v) is 0.680. The minimum absolute atomic E-state index is 0.468. The first-order valence-corrected chi connectivity index (χ1v) is 3.36. The van der Waals surface area contributed by atoms with Crippen molar-refractivity contribution in [1.29, 1.82) is 0 Å². The second kappa shape index (κ2) is 5.57. The molecule has 4 nitrogen and oxygen atoms in total. The van der Waals surface area contributed by atoms with Crippen molar-refractivity contribution >= 4 is 5.97 Å². The van der Waals surface area contributed by atoms with Crippen LogP contribution >= 0.6 is 0 Å². The predicted octanol–water partition coefficient (Wildman–Crippen LogP) is -0.641. The van der Waals surface area contributed by atoms with Gasteiger partial charge in [-0.25, -0.2) is 4.79 Å². The SMILES string of the molecule is C#CN[C@@H](CCCN)C(=O)O. The summed E-state index contributed by atoms with van der Waals surface area (Å²) in [5.74, 6) is -0.934. The number of aliphatic carboxylic acids is 1. The number of rotatable bonds is 5. The number of hydrogen-bond acceptors (Lipinski definition) is 3. The summed E-state index contributed by atoms with van der Waals surface area (Å²) >= 11 is 0. The smallest absolute Gasteiger partial charge is 0.326 e. The lowest BCUT2D eigenvalue weighted by atomic mass is 10.1. The van der Waals surface area contributed by atoms with Crippen LogP contribution in [-0.4, -0.2) is 23.7 Å². The fraction of sp³-hybridized carbons (Fsp3) is 0.571. The molecule has 4 heteroatoms. The van der Waals surface area contributed by atoms with E-state index in [1.54, 1.807) is 0 Å². The third-order valence-corrected chi connectivity index (χ3v) is 1.25. The van der Waals surface area contributed by atoms with Crippen molar-refractivity contribution in [3.63, 3.8) is 0 Å². The number of nitrogens with two attached hydrogens (primary N) is 1. The van der Waals surface area contributed by atoms with E-state index in [-0.39, 0.29) is 0 Å². The third-order valence-electron chi connectivity index (χ3n) is 1.25. The van der Waals surface area contributed by atoms with Gasteiger partial charge in [-0.3, -0.25) is 0 Å². The number of carbonyl (C=O) groups is 1. The van der Waals surface area contributed by atoms with Gasteiger partial charge in [0.25, 0.3) is 0 Å². The summed E-state index contributed by atoms with van der Waals surface area (Å²) < 4.78 is 0. The van der Waals surface area contributed by atoms with Crippen LogP contribution in [-0.2, 0) is 4.79 Å². The quantitative estimate of drug-likeness (QED) is 0.365. The van der Waals surface area contributed by atoms with Crippen molar-refractivity contribution in [3.8, 4) is 12.5 Å². The van der Waals surface area contributed by atoms with Gasteiger partial charge in [0.2, 0.25) is 0 Å². The van der Waals surface area contributed by atoms with Crippen molar-refractivity contribution in [2.24, 2.45) is 5.73 Å². The molecule has 4 N–H and O–H groups in total. The number of nitrogens with one attached hydrogen (secondary N) is 1. The molecule has 0 aliphatic carbocycles. The second-order valence-corrected chi connectivity index (χ2v) is 2.11. The molecule has 0 aliphatic rings. The van der Waals surface area contributed by atoms with Crippen LogP contribution in [0, 0.1) is 12.5 Å². The van der Waals surface area contributed by atoms with Gasteiger partial charge in [0, 0.05) is 6.04 Å². The lowest BCUT2D eigenvalue weighted by Gasteiger charge is -2.08. The zero-order valence-electron chi connectivity index (χ0n) is 6.21. The first kappa shape index (κ1) is 9.79. The highest BCUT2D eigenvalue weighted by Crippen LogP contribution is 1.94. The molecular formula is C7H12N2O2. The average Bonchev–Trinajstić information content (AvgIpc) is 1.97. The molecule has 0 amide bonds. The van der Waals surface area contributed by atoms with E-state index >= 15 is 0 Å². The third kappa shape index (κ3) is 4.23. The van der Waals surface area contributed by atoms with E-state index in [1.165, 1.54) is 0 Å². The Kier molecular flexibility index (Phi) is 4.95. The van der Waals surface area contributed by atoms with Crippen molar-refractivity contribution in [3.05, 3.63) is 0 Å². The van der Waals surface area contributed by atoms with Crippen LogP contribution in [0.3, 0.4) is 0 Å². The zero-order valence-corrected chi connectivity index (χ0v) is 6.21. The van der Waals surface area contributed by atoms with Crippen LogP contribution in [0.5, 0.6) is 0 Å². The minimum Gasteiger partial charge on any atom is -0.480 e. The number of hydrogen-bond donors (Lipinski definition) is 3. The van der Waals surface area contributed by atoms with Gasteiger partial charge in [0.1, 0.15) is 6.04 Å². The summed E-state index contributed by atoms with van der Waals surface area (Å²) in [6, 6.07) is 1.42. The number of terminal acetylenes is 1. The fourth-order valence-electron chi connectivity index (χ4n) is 0.680. The van der Waals surface area contributed by atoms with Gasteiger partial charge < -0.3 is 16.2 Å². The maximum Gasteiger partial charge on any atom is 0.326 e. The molecule has 0 radical (unpaired) electrons. The molecule has 11 heavy (non-hydrogen) atoms. The first-order chi connectivity index (χ1) is 5.22. The highest BCUT2D eigenvalue weighted by atomic mass is 16.4. The summed E-state index contributed by atoms with van der Waals surface area (Å²) in [7, 11) is 0. The Morgan fingerprint density at radius 3 is 2.82 bits per heavy atom. The topological polar surface area (TPSA) is 75.3 Å². The van der Waals surface area contributed by atoms with Gasteiger partial charge in [-0.2, -0.15) is 0 Å². The molecule has 0 spiro atoms. The lowest BCUT2D eigenvalue weighted by Crippen LogP contribution is -2.33. The van der Waals surface area contributed by atoms with Gasteiger partial charge in [-0.05, 0) is 19.4 Å². The zero-order chi connectivity index (χ0) is 8.69. The molecule has 0 heterocycles. The van der Waals surface area contributed by atoms with E-state index in [4.69, 9.17) is 17.3 Å². The van der Waals surface area contributed by atoms with E-state index < -0.39 is 12.0 Å². The molecule has 0 aromatic rings. The van der Waals surface area contributed by atoms with Gasteiger partial charge >= 0.3 is 5.97 Å². The van der Waals surface area contributed by atoms with Gasteiger partial charge in [-0.15, -0.1) is 0 Å². The Bertz CT molecular complexity index is 162. The van der Waals surface area contributed by atoms with Crippen molar-refractivity contribution in [1.82, 2.24) is 5.32 Å². The van der Waals surface area contributed by atoms with Crippen molar-refractivity contribution in [2.45, 2.75) is 18.9 Å². The Morgan fingerprint density at radius 2 is 2.45 bits per heavy atom. The molecule has 0 aliphatic heterocycles. The van der Waals surface area contributed by atoms with Crippen LogP contribution in [0.25, 0.3) is 0 Å². The maximum absolute atomic E-state index is 10.4. The van der Waals surface area contributed by atoms with E-state index in [2.05, 4.69) is 11.4 Å². The second-order valence-electron chi connectivity index (χ2n) is 2.11. The Morgan fingerprint density at radius 1 is 1.82 bits per heavy atom. The van der Waals surface area contributed by atoms with Crippen molar-refractivity contribution in [2.75, 3.05) is 6.54 Å². The molecule has 1 atom stereocenters. The Hall–Kier alpha value is -1.21. The normalized spacial score (nSPS) is 11.6. The summed E-state index contributed by atoms with van der Waals surface area (Å²) in [5, 5.41) is 10.9. The predicted molar refractivity (Wildman–Crippen MR) is 41.7 cm³/mol. The minimum atomic E-state index is -0.934. The summed E-state index contributed by atoms with van der Waals surface area (Å²) in [5.41, 5.74) is 5.20. The van der Waals surface area contributed by atoms with Crippen LogP contribution < -0.4 is 11.1 Å². The lowest BCUT2D eigenvalue weighted by molar-refractivity contribution is -0.139. The Balaban J connectivity index is 3.72. The van der Waals surface area contributed by atoms with Crippen LogP contribution in [0.4, 0.5) is 0 Å². The molecule has 0 saturated carbocycles. The van der Waals surface area contributed by atoms with Crippen LogP contribution in [0.1, 0.15) is 12.8 Å². The molecule has 0 aromatic carbocycles. The molecule has 0 aromatic heterocycles. The first-order valence-electron chi connectivity index (χ1n) is 3.36.